The predicted octanol–water partition coefficient (Wildman–Crippen LogP) is 3.15. The Balaban J connectivity index is 1.84. The highest BCUT2D eigenvalue weighted by Gasteiger charge is 2.20. The van der Waals surface area contributed by atoms with Crippen LogP contribution in [0.5, 0.6) is 0 Å². The lowest BCUT2D eigenvalue weighted by Gasteiger charge is -2.16. The molecule has 1 fully saturated rings. The van der Waals surface area contributed by atoms with Crippen LogP contribution in [0.3, 0.4) is 0 Å². The number of carbonyl (C=O) groups is 1. The fourth-order valence-electron chi connectivity index (χ4n) is 2.29. The lowest BCUT2D eigenvalue weighted by atomic mass is 10.1. The van der Waals surface area contributed by atoms with Crippen molar-refractivity contribution in [2.45, 2.75) is 43.2 Å². The lowest BCUT2D eigenvalue weighted by Crippen LogP contribution is -2.29. The first-order chi connectivity index (χ1) is 9.19. The molecule has 2 rings (SSSR count). The van der Waals surface area contributed by atoms with E-state index >= 15 is 0 Å². The Bertz CT molecular complexity index is 413. The van der Waals surface area contributed by atoms with Gasteiger partial charge in [0.1, 0.15) is 0 Å². The van der Waals surface area contributed by atoms with Gasteiger partial charge in [0.25, 0.3) is 0 Å². The minimum atomic E-state index is 0.0461. The average Bonchev–Trinajstić information content (AvgIpc) is 2.91. The largest absolute Gasteiger partial charge is 0.378 e. The molecule has 0 saturated carbocycles. The number of ether oxygens (including phenoxy) is 1. The van der Waals surface area contributed by atoms with Gasteiger partial charge >= 0.3 is 0 Å². The van der Waals surface area contributed by atoms with Crippen LogP contribution < -0.4 is 5.32 Å². The van der Waals surface area contributed by atoms with E-state index in [0.29, 0.717) is 6.42 Å². The molecule has 1 N–H and O–H groups in total. The summed E-state index contributed by atoms with van der Waals surface area (Å²) >= 11 is 1.72. The third-order valence-electron chi connectivity index (χ3n) is 3.43. The topological polar surface area (TPSA) is 38.3 Å². The van der Waals surface area contributed by atoms with E-state index in [-0.39, 0.29) is 18.1 Å². The summed E-state index contributed by atoms with van der Waals surface area (Å²) in [5.74, 6) is 0.0772. The second-order valence-corrected chi connectivity index (χ2v) is 5.78. The maximum Gasteiger partial charge on any atom is 0.223 e. The Morgan fingerprint density at radius 3 is 2.79 bits per heavy atom. The van der Waals surface area contributed by atoms with Gasteiger partial charge in [0.05, 0.1) is 18.6 Å². The van der Waals surface area contributed by atoms with Crippen LogP contribution in [-0.2, 0) is 9.53 Å². The SMILES string of the molecule is CSc1ccc([C@H](C)NC(=O)C[C@H]2CCCO2)cc1. The van der Waals surface area contributed by atoms with Gasteiger partial charge in [0.2, 0.25) is 5.91 Å². The molecule has 1 aliphatic heterocycles. The molecule has 1 amide bonds. The van der Waals surface area contributed by atoms with E-state index in [1.54, 1.807) is 11.8 Å². The zero-order chi connectivity index (χ0) is 13.7. The third-order valence-corrected chi connectivity index (χ3v) is 4.17. The molecule has 4 heteroatoms. The van der Waals surface area contributed by atoms with E-state index in [0.717, 1.165) is 25.0 Å². The summed E-state index contributed by atoms with van der Waals surface area (Å²) in [6.45, 7) is 2.81. The predicted molar refractivity (Wildman–Crippen MR) is 78.4 cm³/mol. The van der Waals surface area contributed by atoms with Crippen molar-refractivity contribution in [3.63, 3.8) is 0 Å². The molecule has 1 aliphatic rings. The second-order valence-electron chi connectivity index (χ2n) is 4.90. The summed E-state index contributed by atoms with van der Waals surface area (Å²) < 4.78 is 5.48. The van der Waals surface area contributed by atoms with Gasteiger partial charge in [-0.25, -0.2) is 0 Å². The number of benzene rings is 1. The highest BCUT2D eigenvalue weighted by atomic mass is 32.2. The first-order valence-corrected chi connectivity index (χ1v) is 7.96. The molecule has 0 bridgehead atoms. The number of thioether (sulfide) groups is 1. The number of carbonyl (C=O) groups excluding carboxylic acids is 1. The molecule has 0 aliphatic carbocycles. The molecular formula is C15H21NO2S. The number of hydrogen-bond acceptors (Lipinski definition) is 3. The third kappa shape index (κ3) is 4.25. The van der Waals surface area contributed by atoms with Gasteiger partial charge < -0.3 is 10.1 Å². The van der Waals surface area contributed by atoms with Gasteiger partial charge in [0, 0.05) is 11.5 Å². The van der Waals surface area contributed by atoms with Gasteiger partial charge in [-0.15, -0.1) is 11.8 Å². The van der Waals surface area contributed by atoms with Crippen LogP contribution in [0.1, 0.15) is 37.8 Å². The van der Waals surface area contributed by atoms with Crippen molar-refractivity contribution in [1.82, 2.24) is 5.32 Å². The maximum atomic E-state index is 11.9. The van der Waals surface area contributed by atoms with Crippen molar-refractivity contribution < 1.29 is 9.53 Å². The van der Waals surface area contributed by atoms with Crippen molar-refractivity contribution in [3.05, 3.63) is 29.8 Å². The molecule has 1 saturated heterocycles. The van der Waals surface area contributed by atoms with E-state index in [9.17, 15) is 4.79 Å². The zero-order valence-electron chi connectivity index (χ0n) is 11.5. The summed E-state index contributed by atoms with van der Waals surface area (Å²) in [4.78, 5) is 13.1. The fraction of sp³-hybridized carbons (Fsp3) is 0.533. The zero-order valence-corrected chi connectivity index (χ0v) is 12.3. The maximum absolute atomic E-state index is 11.9. The standard InChI is InChI=1S/C15H21NO2S/c1-11(12-5-7-14(19-2)8-6-12)16-15(17)10-13-4-3-9-18-13/h5-8,11,13H,3-4,9-10H2,1-2H3,(H,16,17)/t11-,13+/m0/s1. The van der Waals surface area contributed by atoms with Gasteiger partial charge in [-0.2, -0.15) is 0 Å². The van der Waals surface area contributed by atoms with Crippen LogP contribution in [0.4, 0.5) is 0 Å². The van der Waals surface area contributed by atoms with Gasteiger partial charge in [0.15, 0.2) is 0 Å². The van der Waals surface area contributed by atoms with E-state index in [2.05, 4.69) is 35.8 Å². The second kappa shape index (κ2) is 6.96. The minimum Gasteiger partial charge on any atom is -0.378 e. The van der Waals surface area contributed by atoms with Crippen LogP contribution in [0, 0.1) is 0 Å². The smallest absolute Gasteiger partial charge is 0.223 e. The number of nitrogens with one attached hydrogen (secondary N) is 1. The summed E-state index contributed by atoms with van der Waals surface area (Å²) in [5, 5.41) is 3.03. The Kier molecular flexibility index (Phi) is 5.28. The Labute approximate surface area is 119 Å². The quantitative estimate of drug-likeness (QED) is 0.841. The molecule has 1 aromatic rings. The Morgan fingerprint density at radius 2 is 2.21 bits per heavy atom. The Hall–Kier alpha value is -1.00. The molecule has 2 atom stereocenters. The van der Waals surface area contributed by atoms with Crippen LogP contribution >= 0.6 is 11.8 Å². The highest BCUT2D eigenvalue weighted by molar-refractivity contribution is 7.98. The average molecular weight is 279 g/mol. The summed E-state index contributed by atoms with van der Waals surface area (Å²) in [7, 11) is 0. The molecule has 0 aromatic heterocycles. The number of hydrogen-bond donors (Lipinski definition) is 1. The van der Waals surface area contributed by atoms with Crippen LogP contribution in [0.2, 0.25) is 0 Å². The highest BCUT2D eigenvalue weighted by Crippen LogP contribution is 2.20. The molecule has 3 nitrogen and oxygen atoms in total. The molecule has 0 radical (unpaired) electrons. The van der Waals surface area contributed by atoms with Gasteiger partial charge in [-0.1, -0.05) is 12.1 Å². The van der Waals surface area contributed by atoms with Gasteiger partial charge in [-0.05, 0) is 43.7 Å². The van der Waals surface area contributed by atoms with Crippen molar-refractivity contribution in [1.29, 1.82) is 0 Å². The van der Waals surface area contributed by atoms with Crippen molar-refractivity contribution in [3.8, 4) is 0 Å². The minimum absolute atomic E-state index is 0.0461. The lowest BCUT2D eigenvalue weighted by molar-refractivity contribution is -0.123. The van der Waals surface area contributed by atoms with Crippen molar-refractivity contribution in [2.75, 3.05) is 12.9 Å². The first-order valence-electron chi connectivity index (χ1n) is 6.74. The normalized spacial score (nSPS) is 20.2. The Morgan fingerprint density at radius 1 is 1.47 bits per heavy atom. The number of amides is 1. The van der Waals surface area contributed by atoms with E-state index in [1.807, 2.05) is 6.92 Å². The molecule has 104 valence electrons. The molecule has 0 unspecified atom stereocenters. The van der Waals surface area contributed by atoms with Crippen molar-refractivity contribution >= 4 is 17.7 Å². The summed E-state index contributed by atoms with van der Waals surface area (Å²) in [5.41, 5.74) is 1.14. The van der Waals surface area contributed by atoms with Crippen LogP contribution in [-0.4, -0.2) is 24.9 Å². The number of rotatable bonds is 5. The van der Waals surface area contributed by atoms with Crippen molar-refractivity contribution in [2.24, 2.45) is 0 Å². The van der Waals surface area contributed by atoms with Gasteiger partial charge in [-0.3, -0.25) is 4.79 Å². The summed E-state index contributed by atoms with van der Waals surface area (Å²) in [6.07, 6.45) is 4.73. The van der Waals surface area contributed by atoms with E-state index in [1.165, 1.54) is 4.90 Å². The molecule has 1 aromatic carbocycles. The molecule has 0 spiro atoms. The molecule has 19 heavy (non-hydrogen) atoms. The molecular weight excluding hydrogens is 258 g/mol. The van der Waals surface area contributed by atoms with E-state index < -0.39 is 0 Å². The summed E-state index contributed by atoms with van der Waals surface area (Å²) in [6, 6.07) is 8.36. The van der Waals surface area contributed by atoms with Crippen LogP contribution in [0.15, 0.2) is 29.2 Å². The molecule has 1 heterocycles. The van der Waals surface area contributed by atoms with Crippen LogP contribution in [0.25, 0.3) is 0 Å². The fourth-order valence-corrected chi connectivity index (χ4v) is 2.70. The first kappa shape index (κ1) is 14.4. The van der Waals surface area contributed by atoms with E-state index in [4.69, 9.17) is 4.74 Å². The monoisotopic (exact) mass is 279 g/mol.